The molecule has 1 aromatic carbocycles. The molecule has 3 N–H and O–H groups in total. The lowest BCUT2D eigenvalue weighted by Crippen LogP contribution is -2.48. The van der Waals surface area contributed by atoms with Crippen LogP contribution in [0, 0.1) is 5.92 Å². The van der Waals surface area contributed by atoms with Gasteiger partial charge in [-0.05, 0) is 43.7 Å². The zero-order chi connectivity index (χ0) is 14.4. The molecule has 0 aromatic heterocycles. The second-order valence-electron chi connectivity index (χ2n) is 5.61. The number of benzene rings is 1. The molecule has 0 amide bonds. The Labute approximate surface area is 122 Å². The third-order valence-electron chi connectivity index (χ3n) is 4.40. The predicted molar refractivity (Wildman–Crippen MR) is 84.7 cm³/mol. The monoisotopic (exact) mass is 274 g/mol. The highest BCUT2D eigenvalue weighted by Gasteiger charge is 2.24. The number of nitrogens with one attached hydrogen (secondary N) is 1. The van der Waals surface area contributed by atoms with E-state index in [1.807, 2.05) is 30.3 Å². The zero-order valence-electron chi connectivity index (χ0n) is 12.5. The first kappa shape index (κ1) is 14.9. The van der Waals surface area contributed by atoms with Crippen LogP contribution in [0.1, 0.15) is 39.0 Å². The number of rotatable bonds is 3. The van der Waals surface area contributed by atoms with Crippen LogP contribution in [0.5, 0.6) is 0 Å². The van der Waals surface area contributed by atoms with Gasteiger partial charge in [-0.15, -0.1) is 0 Å². The molecule has 1 aromatic rings. The summed E-state index contributed by atoms with van der Waals surface area (Å²) < 4.78 is 0. The normalized spacial score (nSPS) is 23.4. The van der Waals surface area contributed by atoms with Gasteiger partial charge in [0.1, 0.15) is 0 Å². The molecule has 1 saturated carbocycles. The number of nitrogens with two attached hydrogens (primary N) is 1. The third kappa shape index (κ3) is 3.73. The van der Waals surface area contributed by atoms with Gasteiger partial charge >= 0.3 is 0 Å². The topological polar surface area (TPSA) is 53.6 Å². The average Bonchev–Trinajstić information content (AvgIpc) is 2.53. The van der Waals surface area contributed by atoms with E-state index in [1.54, 1.807) is 0 Å². The maximum Gasteiger partial charge on any atom is 0.213 e. The minimum Gasteiger partial charge on any atom is -0.342 e. The van der Waals surface area contributed by atoms with Crippen molar-refractivity contribution in [1.82, 2.24) is 10.3 Å². The number of para-hydroxylation sites is 1. The van der Waals surface area contributed by atoms with Gasteiger partial charge in [-0.2, -0.15) is 0 Å². The maximum absolute atomic E-state index is 5.66. The molecule has 0 saturated heterocycles. The van der Waals surface area contributed by atoms with E-state index < -0.39 is 0 Å². The highest BCUT2D eigenvalue weighted by molar-refractivity contribution is 5.82. The van der Waals surface area contributed by atoms with Crippen LogP contribution in [0.15, 0.2) is 35.3 Å². The Bertz CT molecular complexity index is 421. The van der Waals surface area contributed by atoms with Gasteiger partial charge < -0.3 is 4.90 Å². The summed E-state index contributed by atoms with van der Waals surface area (Å²) in [7, 11) is 2.08. The van der Waals surface area contributed by atoms with E-state index in [1.165, 1.54) is 32.1 Å². The van der Waals surface area contributed by atoms with E-state index in [4.69, 9.17) is 5.84 Å². The highest BCUT2D eigenvalue weighted by Crippen LogP contribution is 2.29. The van der Waals surface area contributed by atoms with Crippen molar-refractivity contribution in [1.29, 1.82) is 0 Å². The third-order valence-corrected chi connectivity index (χ3v) is 4.40. The smallest absolute Gasteiger partial charge is 0.213 e. The Hall–Kier alpha value is -1.55. The lowest BCUT2D eigenvalue weighted by Gasteiger charge is -2.35. The molecule has 0 spiro atoms. The fourth-order valence-corrected chi connectivity index (χ4v) is 2.95. The van der Waals surface area contributed by atoms with Crippen LogP contribution in [0.25, 0.3) is 0 Å². The molecule has 4 nitrogen and oxygen atoms in total. The van der Waals surface area contributed by atoms with Crippen molar-refractivity contribution >= 4 is 11.6 Å². The lowest BCUT2D eigenvalue weighted by molar-refractivity contribution is 0.222. The molecule has 4 heteroatoms. The molecule has 0 atom stereocenters. The molecule has 0 bridgehead atoms. The number of hydrogen-bond donors (Lipinski definition) is 2. The molecular weight excluding hydrogens is 248 g/mol. The summed E-state index contributed by atoms with van der Waals surface area (Å²) in [5, 5.41) is 0. The summed E-state index contributed by atoms with van der Waals surface area (Å²) in [6.07, 6.45) is 6.38. The Balaban J connectivity index is 2.02. The lowest BCUT2D eigenvalue weighted by atomic mass is 9.84. The predicted octanol–water partition coefficient (Wildman–Crippen LogP) is 3.04. The molecule has 0 unspecified atom stereocenters. The molecule has 0 heterocycles. The molecule has 110 valence electrons. The van der Waals surface area contributed by atoms with E-state index >= 15 is 0 Å². The Kier molecular flexibility index (Phi) is 5.41. The standard InChI is InChI=1S/C16H26N4/c1-3-13-9-11-15(12-10-13)20(2)16(19-17)18-14-7-5-4-6-8-14/h4-8,13,15H,3,9-12,17H2,1-2H3,(H,18,19). The largest absolute Gasteiger partial charge is 0.342 e. The van der Waals surface area contributed by atoms with E-state index in [-0.39, 0.29) is 0 Å². The number of aliphatic imine (C=N–C) groups is 1. The van der Waals surface area contributed by atoms with E-state index in [2.05, 4.69) is 29.3 Å². The van der Waals surface area contributed by atoms with Crippen molar-refractivity contribution in [3.05, 3.63) is 30.3 Å². The van der Waals surface area contributed by atoms with Crippen LogP contribution in [-0.4, -0.2) is 23.9 Å². The fourth-order valence-electron chi connectivity index (χ4n) is 2.95. The number of nitrogens with zero attached hydrogens (tertiary/aromatic N) is 2. The molecule has 1 aliphatic rings. The minimum absolute atomic E-state index is 0.538. The van der Waals surface area contributed by atoms with Gasteiger partial charge in [-0.1, -0.05) is 31.5 Å². The molecule has 0 radical (unpaired) electrons. The Morgan fingerprint density at radius 1 is 1.25 bits per heavy atom. The van der Waals surface area contributed by atoms with Crippen molar-refractivity contribution in [2.75, 3.05) is 7.05 Å². The van der Waals surface area contributed by atoms with Crippen molar-refractivity contribution < 1.29 is 0 Å². The second-order valence-corrected chi connectivity index (χ2v) is 5.61. The van der Waals surface area contributed by atoms with Crippen LogP contribution < -0.4 is 11.3 Å². The van der Waals surface area contributed by atoms with Crippen LogP contribution >= 0.6 is 0 Å². The summed E-state index contributed by atoms with van der Waals surface area (Å²) in [4.78, 5) is 6.79. The zero-order valence-corrected chi connectivity index (χ0v) is 12.5. The van der Waals surface area contributed by atoms with E-state index in [9.17, 15) is 0 Å². The Morgan fingerprint density at radius 3 is 2.45 bits per heavy atom. The van der Waals surface area contributed by atoms with Crippen molar-refractivity contribution in [2.24, 2.45) is 16.8 Å². The maximum atomic E-state index is 5.66. The van der Waals surface area contributed by atoms with Crippen LogP contribution in [0.2, 0.25) is 0 Å². The molecule has 2 rings (SSSR count). The SMILES string of the molecule is CCC1CCC(N(C)C(=Nc2ccccc2)NN)CC1. The molecule has 1 fully saturated rings. The van der Waals surface area contributed by atoms with Gasteiger partial charge in [0.2, 0.25) is 5.96 Å². The summed E-state index contributed by atoms with van der Waals surface area (Å²) >= 11 is 0. The summed E-state index contributed by atoms with van der Waals surface area (Å²) in [6.45, 7) is 2.29. The molecule has 20 heavy (non-hydrogen) atoms. The second kappa shape index (κ2) is 7.29. The first-order valence-corrected chi connectivity index (χ1v) is 7.57. The number of hydrazine groups is 1. The molecule has 0 aliphatic heterocycles. The van der Waals surface area contributed by atoms with Crippen LogP contribution in [0.3, 0.4) is 0 Å². The van der Waals surface area contributed by atoms with Gasteiger partial charge in [0.05, 0.1) is 5.69 Å². The molecule has 1 aliphatic carbocycles. The highest BCUT2D eigenvalue weighted by atomic mass is 15.4. The van der Waals surface area contributed by atoms with Gasteiger partial charge in [-0.3, -0.25) is 5.43 Å². The van der Waals surface area contributed by atoms with Crippen LogP contribution in [-0.2, 0) is 0 Å². The van der Waals surface area contributed by atoms with Gasteiger partial charge in [0.25, 0.3) is 0 Å². The molecular formula is C16H26N4. The quantitative estimate of drug-likeness (QED) is 0.385. The number of guanidine groups is 1. The fraction of sp³-hybridized carbons (Fsp3) is 0.562. The summed E-state index contributed by atoms with van der Waals surface area (Å²) in [5.41, 5.74) is 3.67. The van der Waals surface area contributed by atoms with Crippen molar-refractivity contribution in [3.63, 3.8) is 0 Å². The van der Waals surface area contributed by atoms with Gasteiger partial charge in [-0.25, -0.2) is 10.8 Å². The Morgan fingerprint density at radius 2 is 1.90 bits per heavy atom. The van der Waals surface area contributed by atoms with E-state index in [0.29, 0.717) is 6.04 Å². The van der Waals surface area contributed by atoms with Gasteiger partial charge in [0, 0.05) is 13.1 Å². The first-order chi connectivity index (χ1) is 9.74. The van der Waals surface area contributed by atoms with Crippen molar-refractivity contribution in [2.45, 2.75) is 45.1 Å². The van der Waals surface area contributed by atoms with E-state index in [0.717, 1.165) is 17.6 Å². The number of hydrogen-bond acceptors (Lipinski definition) is 2. The average molecular weight is 274 g/mol. The minimum atomic E-state index is 0.538. The first-order valence-electron chi connectivity index (χ1n) is 7.57. The summed E-state index contributed by atoms with van der Waals surface area (Å²) in [6, 6.07) is 10.5. The van der Waals surface area contributed by atoms with Crippen LogP contribution in [0.4, 0.5) is 5.69 Å². The van der Waals surface area contributed by atoms with Crippen molar-refractivity contribution in [3.8, 4) is 0 Å². The van der Waals surface area contributed by atoms with Gasteiger partial charge in [0.15, 0.2) is 0 Å². The summed E-state index contributed by atoms with van der Waals surface area (Å²) in [5.74, 6) is 7.31.